The molecule has 1 N–H and O–H groups in total. The summed E-state index contributed by atoms with van der Waals surface area (Å²) in [6.45, 7) is 0. The van der Waals surface area contributed by atoms with Gasteiger partial charge in [0.15, 0.2) is 0 Å². The molecule has 2 nitrogen and oxygen atoms in total. The van der Waals surface area contributed by atoms with Crippen LogP contribution in [0.15, 0.2) is 30.3 Å². The van der Waals surface area contributed by atoms with Gasteiger partial charge in [-0.25, -0.2) is 0 Å². The Kier molecular flexibility index (Phi) is 1.71. The molecule has 0 aliphatic heterocycles. The molecule has 0 aromatic heterocycles. The number of nitrogens with one attached hydrogen (secondary N) is 1. The summed E-state index contributed by atoms with van der Waals surface area (Å²) < 4.78 is 0. The Hall–Kier alpha value is -1.88. The maximum Gasteiger partial charge on any atom is 0.113 e. The molecule has 1 aromatic rings. The number of nitriles is 1. The third-order valence-electron chi connectivity index (χ3n) is 2.19. The summed E-state index contributed by atoms with van der Waals surface area (Å²) in [7, 11) is 0. The van der Waals surface area contributed by atoms with E-state index in [0.29, 0.717) is 5.71 Å². The summed E-state index contributed by atoms with van der Waals surface area (Å²) in [5.41, 5.74) is 2.36. The average molecular weight is 168 g/mol. The SMILES string of the molecule is N#CC1C(=N)C=Cc2ccccc21. The number of hydrogen-bond acceptors (Lipinski definition) is 2. The molecule has 1 unspecified atom stereocenters. The lowest BCUT2D eigenvalue weighted by Gasteiger charge is -2.15. The molecule has 0 saturated carbocycles. The van der Waals surface area contributed by atoms with E-state index < -0.39 is 0 Å². The molecule has 1 aliphatic rings. The number of allylic oxidation sites excluding steroid dienone is 1. The fraction of sp³-hybridized carbons (Fsp3) is 0.0909. The lowest BCUT2D eigenvalue weighted by atomic mass is 9.87. The number of nitrogens with zero attached hydrogens (tertiary/aromatic N) is 1. The van der Waals surface area contributed by atoms with Crippen molar-refractivity contribution >= 4 is 11.8 Å². The molecule has 0 bridgehead atoms. The van der Waals surface area contributed by atoms with Crippen LogP contribution in [0.5, 0.6) is 0 Å². The standard InChI is InChI=1S/C11H8N2/c12-7-10-9-4-2-1-3-8(9)5-6-11(10)13/h1-6,10,13H. The van der Waals surface area contributed by atoms with Gasteiger partial charge in [0, 0.05) is 0 Å². The highest BCUT2D eigenvalue weighted by Crippen LogP contribution is 2.26. The van der Waals surface area contributed by atoms with Gasteiger partial charge < -0.3 is 5.41 Å². The Morgan fingerprint density at radius 3 is 2.77 bits per heavy atom. The van der Waals surface area contributed by atoms with Crippen molar-refractivity contribution in [3.63, 3.8) is 0 Å². The number of rotatable bonds is 0. The van der Waals surface area contributed by atoms with Crippen LogP contribution in [0.1, 0.15) is 17.0 Å². The zero-order valence-corrected chi connectivity index (χ0v) is 6.99. The van der Waals surface area contributed by atoms with Crippen molar-refractivity contribution in [3.8, 4) is 6.07 Å². The molecule has 2 rings (SSSR count). The normalized spacial score (nSPS) is 19.3. The van der Waals surface area contributed by atoms with Gasteiger partial charge >= 0.3 is 0 Å². The third kappa shape index (κ3) is 1.15. The van der Waals surface area contributed by atoms with Gasteiger partial charge in [-0.05, 0) is 17.2 Å². The fourth-order valence-corrected chi connectivity index (χ4v) is 1.51. The second-order valence-corrected chi connectivity index (χ2v) is 2.98. The monoisotopic (exact) mass is 168 g/mol. The number of fused-ring (bicyclic) bond motifs is 1. The van der Waals surface area contributed by atoms with Crippen LogP contribution in [0.3, 0.4) is 0 Å². The molecular formula is C11H8N2. The van der Waals surface area contributed by atoms with E-state index in [1.54, 1.807) is 6.08 Å². The largest absolute Gasteiger partial charge is 0.304 e. The summed E-state index contributed by atoms with van der Waals surface area (Å²) >= 11 is 0. The smallest absolute Gasteiger partial charge is 0.113 e. The van der Waals surface area contributed by atoms with Crippen molar-refractivity contribution in [2.45, 2.75) is 5.92 Å². The summed E-state index contributed by atoms with van der Waals surface area (Å²) in [6.07, 6.45) is 3.57. The third-order valence-corrected chi connectivity index (χ3v) is 2.19. The average Bonchev–Trinajstić information content (AvgIpc) is 2.18. The highest BCUT2D eigenvalue weighted by atomic mass is 14.5. The summed E-state index contributed by atoms with van der Waals surface area (Å²) in [6, 6.07) is 9.83. The van der Waals surface area contributed by atoms with Gasteiger partial charge in [0.1, 0.15) is 5.92 Å². The summed E-state index contributed by atoms with van der Waals surface area (Å²) in [4.78, 5) is 0. The molecule has 62 valence electrons. The fourth-order valence-electron chi connectivity index (χ4n) is 1.51. The van der Waals surface area contributed by atoms with Gasteiger partial charge in [-0.3, -0.25) is 0 Å². The van der Waals surface area contributed by atoms with Crippen LogP contribution in [-0.2, 0) is 0 Å². The molecule has 0 amide bonds. The van der Waals surface area contributed by atoms with Crippen molar-refractivity contribution in [2.24, 2.45) is 0 Å². The van der Waals surface area contributed by atoms with E-state index in [2.05, 4.69) is 6.07 Å². The second kappa shape index (κ2) is 2.87. The Bertz CT molecular complexity index is 424. The van der Waals surface area contributed by atoms with Gasteiger partial charge in [0.05, 0.1) is 11.8 Å². The van der Waals surface area contributed by atoms with E-state index in [1.165, 1.54) is 0 Å². The van der Waals surface area contributed by atoms with Crippen LogP contribution in [-0.4, -0.2) is 5.71 Å². The topological polar surface area (TPSA) is 47.6 Å². The van der Waals surface area contributed by atoms with E-state index in [0.717, 1.165) is 11.1 Å². The van der Waals surface area contributed by atoms with Crippen LogP contribution in [0.4, 0.5) is 0 Å². The first-order valence-corrected chi connectivity index (χ1v) is 4.08. The van der Waals surface area contributed by atoms with Crippen molar-refractivity contribution in [1.29, 1.82) is 10.7 Å². The molecule has 0 saturated heterocycles. The predicted octanol–water partition coefficient (Wildman–Crippen LogP) is 2.34. The van der Waals surface area contributed by atoms with E-state index in [-0.39, 0.29) is 5.92 Å². The molecule has 0 radical (unpaired) electrons. The molecular weight excluding hydrogens is 160 g/mol. The maximum absolute atomic E-state index is 8.88. The van der Waals surface area contributed by atoms with Gasteiger partial charge in [-0.15, -0.1) is 0 Å². The van der Waals surface area contributed by atoms with Gasteiger partial charge in [0.2, 0.25) is 0 Å². The van der Waals surface area contributed by atoms with E-state index in [4.69, 9.17) is 10.7 Å². The minimum Gasteiger partial charge on any atom is -0.304 e. The summed E-state index contributed by atoms with van der Waals surface area (Å²) in [5, 5.41) is 16.5. The van der Waals surface area contributed by atoms with E-state index in [9.17, 15) is 0 Å². The Balaban J connectivity index is 2.61. The Morgan fingerprint density at radius 2 is 2.00 bits per heavy atom. The Morgan fingerprint density at radius 1 is 1.23 bits per heavy atom. The first-order chi connectivity index (χ1) is 6.33. The molecule has 13 heavy (non-hydrogen) atoms. The number of benzene rings is 1. The molecule has 0 heterocycles. The molecule has 1 aromatic carbocycles. The minimum absolute atomic E-state index is 0.376. The zero-order chi connectivity index (χ0) is 9.26. The highest BCUT2D eigenvalue weighted by Gasteiger charge is 2.19. The Labute approximate surface area is 76.6 Å². The van der Waals surface area contributed by atoms with Gasteiger partial charge in [-0.1, -0.05) is 30.3 Å². The predicted molar refractivity (Wildman–Crippen MR) is 51.6 cm³/mol. The molecule has 1 atom stereocenters. The molecule has 0 spiro atoms. The quantitative estimate of drug-likeness (QED) is 0.635. The van der Waals surface area contributed by atoms with Crippen LogP contribution in [0.25, 0.3) is 6.08 Å². The lowest BCUT2D eigenvalue weighted by Crippen LogP contribution is -2.11. The van der Waals surface area contributed by atoms with E-state index >= 15 is 0 Å². The summed E-state index contributed by atoms with van der Waals surface area (Å²) in [5.74, 6) is -0.388. The molecule has 1 aliphatic carbocycles. The van der Waals surface area contributed by atoms with Crippen LogP contribution in [0.2, 0.25) is 0 Å². The first kappa shape index (κ1) is 7.75. The van der Waals surface area contributed by atoms with Crippen molar-refractivity contribution < 1.29 is 0 Å². The van der Waals surface area contributed by atoms with Crippen LogP contribution >= 0.6 is 0 Å². The maximum atomic E-state index is 8.88. The minimum atomic E-state index is -0.388. The number of hydrogen-bond donors (Lipinski definition) is 1. The molecule has 0 fully saturated rings. The van der Waals surface area contributed by atoms with Crippen molar-refractivity contribution in [2.75, 3.05) is 0 Å². The van der Waals surface area contributed by atoms with E-state index in [1.807, 2.05) is 30.3 Å². The highest BCUT2D eigenvalue weighted by molar-refractivity contribution is 6.05. The van der Waals surface area contributed by atoms with Gasteiger partial charge in [-0.2, -0.15) is 5.26 Å². The first-order valence-electron chi connectivity index (χ1n) is 4.08. The zero-order valence-electron chi connectivity index (χ0n) is 6.99. The van der Waals surface area contributed by atoms with Crippen LogP contribution < -0.4 is 0 Å². The van der Waals surface area contributed by atoms with Crippen molar-refractivity contribution in [1.82, 2.24) is 0 Å². The van der Waals surface area contributed by atoms with Crippen LogP contribution in [0, 0.1) is 16.7 Å². The molecule has 2 heteroatoms. The lowest BCUT2D eigenvalue weighted by molar-refractivity contribution is 1.12. The van der Waals surface area contributed by atoms with Crippen molar-refractivity contribution in [3.05, 3.63) is 41.5 Å². The van der Waals surface area contributed by atoms with Gasteiger partial charge in [0.25, 0.3) is 0 Å². The second-order valence-electron chi connectivity index (χ2n) is 2.98.